The van der Waals surface area contributed by atoms with E-state index in [2.05, 4.69) is 45.1 Å². The number of unbranched alkanes of at least 4 members (excludes halogenated alkanes) is 28. The van der Waals surface area contributed by atoms with Gasteiger partial charge < -0.3 is 14.2 Å². The highest BCUT2D eigenvalue weighted by molar-refractivity contribution is 5.71. The Balaban J connectivity index is 4.34. The highest BCUT2D eigenvalue weighted by atomic mass is 16.6. The van der Waals surface area contributed by atoms with E-state index in [4.69, 9.17) is 14.2 Å². The van der Waals surface area contributed by atoms with Crippen molar-refractivity contribution in [2.75, 3.05) is 13.2 Å². The lowest BCUT2D eigenvalue weighted by Crippen LogP contribution is -2.30. The second kappa shape index (κ2) is 44.6. The van der Waals surface area contributed by atoms with Crippen molar-refractivity contribution in [2.24, 2.45) is 0 Å². The van der Waals surface area contributed by atoms with Crippen LogP contribution >= 0.6 is 0 Å². The number of carbonyl (C=O) groups is 3. The fraction of sp³-hybridized carbons (Fsp3) is 0.857. The van der Waals surface area contributed by atoms with Crippen molar-refractivity contribution in [3.8, 4) is 0 Å². The molecule has 0 N–H and O–H groups in total. The minimum atomic E-state index is -0.770. The first-order valence-electron chi connectivity index (χ1n) is 23.8. The van der Waals surface area contributed by atoms with Gasteiger partial charge in [-0.15, -0.1) is 0 Å². The second-order valence-corrected chi connectivity index (χ2v) is 16.0. The van der Waals surface area contributed by atoms with Crippen molar-refractivity contribution in [1.29, 1.82) is 0 Å². The van der Waals surface area contributed by atoms with Gasteiger partial charge in [-0.05, 0) is 44.9 Å². The Morgan fingerprint density at radius 2 is 0.709 bits per heavy atom. The van der Waals surface area contributed by atoms with Gasteiger partial charge in [0.15, 0.2) is 6.10 Å². The number of ether oxygens (including phenoxy) is 3. The van der Waals surface area contributed by atoms with Gasteiger partial charge in [0, 0.05) is 19.3 Å². The number of rotatable bonds is 43. The van der Waals surface area contributed by atoms with Gasteiger partial charge in [0.2, 0.25) is 0 Å². The zero-order valence-corrected chi connectivity index (χ0v) is 36.7. The van der Waals surface area contributed by atoms with E-state index in [-0.39, 0.29) is 31.1 Å². The fourth-order valence-electron chi connectivity index (χ4n) is 6.89. The second-order valence-electron chi connectivity index (χ2n) is 16.0. The predicted octanol–water partition coefficient (Wildman–Crippen LogP) is 15.2. The van der Waals surface area contributed by atoms with Crippen LogP contribution in [0.15, 0.2) is 24.3 Å². The van der Waals surface area contributed by atoms with Gasteiger partial charge in [-0.3, -0.25) is 14.4 Å². The Morgan fingerprint density at radius 3 is 1.09 bits per heavy atom. The zero-order valence-electron chi connectivity index (χ0n) is 36.7. The Kier molecular flexibility index (Phi) is 42.9. The molecule has 55 heavy (non-hydrogen) atoms. The molecule has 0 aromatic rings. The van der Waals surface area contributed by atoms with Crippen molar-refractivity contribution >= 4 is 17.9 Å². The maximum atomic E-state index is 12.7. The first kappa shape index (κ1) is 52.9. The average Bonchev–Trinajstić information content (AvgIpc) is 3.18. The van der Waals surface area contributed by atoms with E-state index in [0.29, 0.717) is 19.3 Å². The predicted molar refractivity (Wildman–Crippen MR) is 233 cm³/mol. The summed E-state index contributed by atoms with van der Waals surface area (Å²) in [6.45, 7) is 6.52. The Labute approximate surface area is 341 Å². The zero-order chi connectivity index (χ0) is 40.1. The maximum absolute atomic E-state index is 12.7. The van der Waals surface area contributed by atoms with Gasteiger partial charge in [-0.1, -0.05) is 212 Å². The molecule has 0 amide bonds. The van der Waals surface area contributed by atoms with E-state index >= 15 is 0 Å². The van der Waals surface area contributed by atoms with Crippen LogP contribution in [0.2, 0.25) is 0 Å². The minimum Gasteiger partial charge on any atom is -0.462 e. The van der Waals surface area contributed by atoms with E-state index in [1.807, 2.05) is 0 Å². The first-order chi connectivity index (χ1) is 27.0. The third kappa shape index (κ3) is 42.9. The molecule has 0 heterocycles. The normalized spacial score (nSPS) is 12.1. The average molecular weight is 775 g/mol. The van der Waals surface area contributed by atoms with Crippen molar-refractivity contribution in [3.05, 3.63) is 24.3 Å². The highest BCUT2D eigenvalue weighted by Crippen LogP contribution is 2.15. The van der Waals surface area contributed by atoms with Crippen molar-refractivity contribution in [3.63, 3.8) is 0 Å². The summed E-state index contributed by atoms with van der Waals surface area (Å²) in [5.41, 5.74) is 0. The van der Waals surface area contributed by atoms with E-state index in [1.54, 1.807) is 0 Å². The molecular formula is C49H90O6. The molecule has 0 aromatic carbocycles. The molecule has 0 saturated carbocycles. The number of hydrogen-bond acceptors (Lipinski definition) is 6. The van der Waals surface area contributed by atoms with Crippen LogP contribution in [0.1, 0.15) is 252 Å². The summed E-state index contributed by atoms with van der Waals surface area (Å²) < 4.78 is 16.7. The third-order valence-corrected chi connectivity index (χ3v) is 10.5. The molecule has 0 aromatic heterocycles. The quantitative estimate of drug-likeness (QED) is 0.0266. The van der Waals surface area contributed by atoms with Gasteiger partial charge in [-0.25, -0.2) is 0 Å². The lowest BCUT2D eigenvalue weighted by Gasteiger charge is -2.18. The van der Waals surface area contributed by atoms with Crippen molar-refractivity contribution in [2.45, 2.75) is 258 Å². The summed E-state index contributed by atoms with van der Waals surface area (Å²) in [5, 5.41) is 0. The molecule has 0 bridgehead atoms. The smallest absolute Gasteiger partial charge is 0.306 e. The van der Waals surface area contributed by atoms with Gasteiger partial charge in [0.1, 0.15) is 13.2 Å². The maximum Gasteiger partial charge on any atom is 0.306 e. The Bertz CT molecular complexity index is 896. The summed E-state index contributed by atoms with van der Waals surface area (Å²) >= 11 is 0. The SMILES string of the molecule is CC/C=C\C/C=C\CCCCCCCC(=O)OC(COC(=O)CCCCCCCCCCCCC)COC(=O)CCCCCCCCCCCCCCCC. The molecule has 6 nitrogen and oxygen atoms in total. The van der Waals surface area contributed by atoms with E-state index in [1.165, 1.54) is 122 Å². The molecule has 0 radical (unpaired) electrons. The number of esters is 3. The molecule has 1 atom stereocenters. The lowest BCUT2D eigenvalue weighted by atomic mass is 10.0. The summed E-state index contributed by atoms with van der Waals surface area (Å²) in [6.07, 6.45) is 48.7. The van der Waals surface area contributed by atoms with Gasteiger partial charge in [0.05, 0.1) is 0 Å². The summed E-state index contributed by atoms with van der Waals surface area (Å²) in [4.78, 5) is 37.8. The van der Waals surface area contributed by atoms with Gasteiger partial charge in [0.25, 0.3) is 0 Å². The summed E-state index contributed by atoms with van der Waals surface area (Å²) in [5.74, 6) is -0.880. The number of carbonyl (C=O) groups excluding carboxylic acids is 3. The van der Waals surface area contributed by atoms with Gasteiger partial charge in [-0.2, -0.15) is 0 Å². The van der Waals surface area contributed by atoms with Crippen LogP contribution in [0.5, 0.6) is 0 Å². The van der Waals surface area contributed by atoms with Crippen LogP contribution in [-0.2, 0) is 28.6 Å². The Hall–Kier alpha value is -2.11. The number of hydrogen-bond donors (Lipinski definition) is 0. The van der Waals surface area contributed by atoms with Gasteiger partial charge >= 0.3 is 17.9 Å². The van der Waals surface area contributed by atoms with Crippen molar-refractivity contribution < 1.29 is 28.6 Å². The monoisotopic (exact) mass is 775 g/mol. The van der Waals surface area contributed by atoms with E-state index in [9.17, 15) is 14.4 Å². The summed E-state index contributed by atoms with van der Waals surface area (Å²) in [7, 11) is 0. The third-order valence-electron chi connectivity index (χ3n) is 10.5. The van der Waals surface area contributed by atoms with Crippen LogP contribution in [0.25, 0.3) is 0 Å². The van der Waals surface area contributed by atoms with Crippen LogP contribution in [0, 0.1) is 0 Å². The molecule has 1 unspecified atom stereocenters. The molecule has 322 valence electrons. The molecule has 0 aliphatic heterocycles. The highest BCUT2D eigenvalue weighted by Gasteiger charge is 2.19. The molecule has 0 spiro atoms. The largest absolute Gasteiger partial charge is 0.462 e. The molecule has 0 fully saturated rings. The fourth-order valence-corrected chi connectivity index (χ4v) is 6.89. The Morgan fingerprint density at radius 1 is 0.382 bits per heavy atom. The molecular weight excluding hydrogens is 685 g/mol. The first-order valence-corrected chi connectivity index (χ1v) is 23.8. The summed E-state index contributed by atoms with van der Waals surface area (Å²) in [6, 6.07) is 0. The standard InChI is InChI=1S/C49H90O6/c1-4-7-10-13-16-19-22-24-25-28-30-33-36-39-42-48(51)54-45-46(44-53-47(50)41-38-35-32-29-26-21-18-15-12-9-6-3)55-49(52)43-40-37-34-31-27-23-20-17-14-11-8-5-2/h8,11,17,20,46H,4-7,9-10,12-16,18-19,21-45H2,1-3H3/b11-8-,20-17-. The number of allylic oxidation sites excluding steroid dienone is 4. The van der Waals surface area contributed by atoms with Crippen LogP contribution in [0.3, 0.4) is 0 Å². The molecule has 6 heteroatoms. The molecule has 0 aliphatic carbocycles. The minimum absolute atomic E-state index is 0.0728. The van der Waals surface area contributed by atoms with E-state index < -0.39 is 6.10 Å². The molecule has 0 aliphatic rings. The van der Waals surface area contributed by atoms with Crippen LogP contribution in [0.4, 0.5) is 0 Å². The molecule has 0 rings (SSSR count). The molecule has 0 saturated heterocycles. The van der Waals surface area contributed by atoms with Crippen LogP contribution < -0.4 is 0 Å². The lowest BCUT2D eigenvalue weighted by molar-refractivity contribution is -0.167. The topological polar surface area (TPSA) is 78.9 Å². The van der Waals surface area contributed by atoms with E-state index in [0.717, 1.165) is 89.9 Å². The van der Waals surface area contributed by atoms with Crippen LogP contribution in [-0.4, -0.2) is 37.2 Å². The van der Waals surface area contributed by atoms with Crippen molar-refractivity contribution in [1.82, 2.24) is 0 Å².